The van der Waals surface area contributed by atoms with Crippen molar-refractivity contribution < 1.29 is 44.6 Å². The van der Waals surface area contributed by atoms with Crippen molar-refractivity contribution in [3.8, 4) is 0 Å². The van der Waals surface area contributed by atoms with Gasteiger partial charge in [0.15, 0.2) is 0 Å². The first-order valence-corrected chi connectivity index (χ1v) is 2.74. The first kappa shape index (κ1) is 12.7. The molecule has 0 aromatic carbocycles. The summed E-state index contributed by atoms with van der Waals surface area (Å²) < 4.78 is 0. The molecule has 0 heterocycles. The Hall–Kier alpha value is 0.0100. The molecule has 52 valence electrons. The molecule has 10 heavy (non-hydrogen) atoms. The van der Waals surface area contributed by atoms with Gasteiger partial charge in [-0.3, -0.25) is 0 Å². The molecule has 0 atom stereocenters. The molecule has 0 amide bonds. The van der Waals surface area contributed by atoms with E-state index in [1.807, 2.05) is 0 Å². The minimum Gasteiger partial charge on any atom is -0.550 e. The fourth-order valence-electron chi connectivity index (χ4n) is 0.345. The van der Waals surface area contributed by atoms with Crippen molar-refractivity contribution in [2.45, 2.75) is 19.8 Å². The molecule has 0 aromatic heterocycles. The molecule has 0 bridgehead atoms. The first-order valence-electron chi connectivity index (χ1n) is 2.74. The Balaban J connectivity index is 0. The van der Waals surface area contributed by atoms with Crippen molar-refractivity contribution in [2.75, 3.05) is 0 Å². The van der Waals surface area contributed by atoms with Gasteiger partial charge in [0, 0.05) is 18.8 Å². The molecule has 0 fully saturated rings. The molecule has 0 aliphatic carbocycles. The summed E-state index contributed by atoms with van der Waals surface area (Å²) in [7, 11) is 0. The number of hydrogen-bond acceptors (Lipinski definition) is 3. The monoisotopic (exact) mass is 152 g/mol. The molecule has 3 nitrogen and oxygen atoms in total. The molecule has 0 aliphatic rings. The van der Waals surface area contributed by atoms with Crippen LogP contribution in [0, 0.1) is 0 Å². The SMILES string of the molecule is CCC(O)=CCC(=O)[O-].[Na+]. The average molecular weight is 152 g/mol. The summed E-state index contributed by atoms with van der Waals surface area (Å²) in [4.78, 5) is 9.75. The zero-order chi connectivity index (χ0) is 7.28. The standard InChI is InChI=1S/C6H10O3.Na/c1-2-5(7)3-4-6(8)9;/h3,7H,2,4H2,1H3,(H,8,9);/q;+1/p-1. The third-order valence-electron chi connectivity index (χ3n) is 0.867. The summed E-state index contributed by atoms with van der Waals surface area (Å²) in [6.07, 6.45) is 1.49. The van der Waals surface area contributed by atoms with Gasteiger partial charge in [-0.15, -0.1) is 0 Å². The quantitative estimate of drug-likeness (QED) is 0.346. The van der Waals surface area contributed by atoms with E-state index in [2.05, 4.69) is 0 Å². The number of carboxylic acid groups (broad SMARTS) is 1. The number of aliphatic hydroxyl groups is 1. The van der Waals surface area contributed by atoms with Crippen molar-refractivity contribution >= 4 is 5.97 Å². The summed E-state index contributed by atoms with van der Waals surface area (Å²) in [5.74, 6) is -1.07. The Morgan fingerprint density at radius 2 is 2.20 bits per heavy atom. The van der Waals surface area contributed by atoms with Crippen LogP contribution in [-0.2, 0) is 4.79 Å². The Bertz CT molecular complexity index is 131. The van der Waals surface area contributed by atoms with Crippen LogP contribution >= 0.6 is 0 Å². The van der Waals surface area contributed by atoms with E-state index in [-0.39, 0.29) is 41.7 Å². The molecular formula is C6H9NaO3. The molecule has 0 rings (SSSR count). The van der Waals surface area contributed by atoms with E-state index in [1.54, 1.807) is 6.92 Å². The van der Waals surface area contributed by atoms with Gasteiger partial charge < -0.3 is 15.0 Å². The summed E-state index contributed by atoms with van der Waals surface area (Å²) in [6, 6.07) is 0. The van der Waals surface area contributed by atoms with Gasteiger partial charge in [-0.05, 0) is 6.08 Å². The Labute approximate surface area is 82.0 Å². The van der Waals surface area contributed by atoms with Crippen LogP contribution in [0.2, 0.25) is 0 Å². The molecule has 0 saturated carbocycles. The molecule has 0 spiro atoms. The minimum absolute atomic E-state index is 0. The van der Waals surface area contributed by atoms with Crippen molar-refractivity contribution in [1.29, 1.82) is 0 Å². The maximum atomic E-state index is 9.75. The molecule has 0 unspecified atom stereocenters. The number of aliphatic hydroxyl groups excluding tert-OH is 1. The fourth-order valence-corrected chi connectivity index (χ4v) is 0.345. The molecule has 1 N–H and O–H groups in total. The van der Waals surface area contributed by atoms with Gasteiger partial charge in [-0.25, -0.2) is 0 Å². The molecule has 0 aromatic rings. The zero-order valence-corrected chi connectivity index (χ0v) is 8.26. The van der Waals surface area contributed by atoms with Crippen LogP contribution in [0.25, 0.3) is 0 Å². The summed E-state index contributed by atoms with van der Waals surface area (Å²) in [5.41, 5.74) is 0. The Morgan fingerprint density at radius 1 is 1.70 bits per heavy atom. The predicted octanol–water partition coefficient (Wildman–Crippen LogP) is -3.02. The van der Waals surface area contributed by atoms with E-state index < -0.39 is 5.97 Å². The topological polar surface area (TPSA) is 60.4 Å². The van der Waals surface area contributed by atoms with Gasteiger partial charge in [-0.2, -0.15) is 0 Å². The number of carboxylic acids is 1. The van der Waals surface area contributed by atoms with Crippen LogP contribution in [0.1, 0.15) is 19.8 Å². The van der Waals surface area contributed by atoms with Gasteiger partial charge in [-0.1, -0.05) is 6.92 Å². The smallest absolute Gasteiger partial charge is 0.550 e. The first-order chi connectivity index (χ1) is 4.16. The summed E-state index contributed by atoms with van der Waals surface area (Å²) >= 11 is 0. The van der Waals surface area contributed by atoms with Gasteiger partial charge in [0.1, 0.15) is 0 Å². The van der Waals surface area contributed by atoms with Gasteiger partial charge in [0.05, 0.1) is 5.76 Å². The third kappa shape index (κ3) is 8.01. The van der Waals surface area contributed by atoms with E-state index in [4.69, 9.17) is 5.11 Å². The van der Waals surface area contributed by atoms with Crippen LogP contribution < -0.4 is 34.7 Å². The second-order valence-electron chi connectivity index (χ2n) is 1.63. The van der Waals surface area contributed by atoms with Crippen LogP contribution in [0.15, 0.2) is 11.8 Å². The number of rotatable bonds is 3. The van der Waals surface area contributed by atoms with Crippen LogP contribution in [0.4, 0.5) is 0 Å². The summed E-state index contributed by atoms with van der Waals surface area (Å²) in [5, 5.41) is 18.4. The number of aliphatic carboxylic acids is 1. The largest absolute Gasteiger partial charge is 1.00 e. The molecular weight excluding hydrogens is 143 g/mol. The van der Waals surface area contributed by atoms with Gasteiger partial charge >= 0.3 is 29.6 Å². The second-order valence-corrected chi connectivity index (χ2v) is 1.63. The van der Waals surface area contributed by atoms with Crippen molar-refractivity contribution in [2.24, 2.45) is 0 Å². The Morgan fingerprint density at radius 3 is 2.50 bits per heavy atom. The second kappa shape index (κ2) is 7.12. The zero-order valence-electron chi connectivity index (χ0n) is 6.26. The Kier molecular flexibility index (Phi) is 9.02. The van der Waals surface area contributed by atoms with E-state index in [0.29, 0.717) is 6.42 Å². The fraction of sp³-hybridized carbons (Fsp3) is 0.500. The number of hydrogen-bond donors (Lipinski definition) is 1. The maximum Gasteiger partial charge on any atom is 1.00 e. The van der Waals surface area contributed by atoms with Crippen molar-refractivity contribution in [3.63, 3.8) is 0 Å². The minimum atomic E-state index is -1.17. The van der Waals surface area contributed by atoms with Crippen LogP contribution in [-0.4, -0.2) is 11.1 Å². The van der Waals surface area contributed by atoms with E-state index in [1.165, 1.54) is 6.08 Å². The molecule has 0 saturated heterocycles. The molecule has 0 aliphatic heterocycles. The predicted molar refractivity (Wildman–Crippen MR) is 30.6 cm³/mol. The van der Waals surface area contributed by atoms with Gasteiger partial charge in [0.25, 0.3) is 0 Å². The van der Waals surface area contributed by atoms with E-state index in [9.17, 15) is 9.90 Å². The van der Waals surface area contributed by atoms with Crippen LogP contribution in [0.5, 0.6) is 0 Å². The molecule has 0 radical (unpaired) electrons. The van der Waals surface area contributed by atoms with Gasteiger partial charge in [0.2, 0.25) is 0 Å². The van der Waals surface area contributed by atoms with E-state index >= 15 is 0 Å². The van der Waals surface area contributed by atoms with E-state index in [0.717, 1.165) is 0 Å². The summed E-state index contributed by atoms with van der Waals surface area (Å²) in [6.45, 7) is 1.74. The number of carbonyl (C=O) groups is 1. The molecule has 4 heteroatoms. The maximum absolute atomic E-state index is 9.75. The van der Waals surface area contributed by atoms with Crippen LogP contribution in [0.3, 0.4) is 0 Å². The number of allylic oxidation sites excluding steroid dienone is 1. The normalized spacial score (nSPS) is 10.3. The average Bonchev–Trinajstić information content (AvgIpc) is 1.83. The number of carbonyl (C=O) groups excluding carboxylic acids is 1. The van der Waals surface area contributed by atoms with Crippen molar-refractivity contribution in [1.82, 2.24) is 0 Å². The van der Waals surface area contributed by atoms with Crippen molar-refractivity contribution in [3.05, 3.63) is 11.8 Å². The third-order valence-corrected chi connectivity index (χ3v) is 0.867.